The molecule has 160 valence electrons. The number of rotatable bonds is 6. The fourth-order valence-electron chi connectivity index (χ4n) is 3.66. The molecule has 0 bridgehead atoms. The van der Waals surface area contributed by atoms with Gasteiger partial charge < -0.3 is 19.3 Å². The van der Waals surface area contributed by atoms with Gasteiger partial charge >= 0.3 is 0 Å². The van der Waals surface area contributed by atoms with Gasteiger partial charge in [0.1, 0.15) is 18.1 Å². The molecule has 0 radical (unpaired) electrons. The van der Waals surface area contributed by atoms with Crippen molar-refractivity contribution in [2.24, 2.45) is 0 Å². The third-order valence-corrected chi connectivity index (χ3v) is 5.66. The summed E-state index contributed by atoms with van der Waals surface area (Å²) in [5, 5.41) is 0.687. The van der Waals surface area contributed by atoms with Crippen molar-refractivity contribution < 1.29 is 14.3 Å². The highest BCUT2D eigenvalue weighted by atomic mass is 35.5. The van der Waals surface area contributed by atoms with Crippen LogP contribution in [0, 0.1) is 0 Å². The van der Waals surface area contributed by atoms with Gasteiger partial charge in [-0.1, -0.05) is 41.9 Å². The molecule has 1 amide bonds. The highest BCUT2D eigenvalue weighted by Gasteiger charge is 2.24. The number of halogens is 1. The number of benzene rings is 3. The van der Waals surface area contributed by atoms with Gasteiger partial charge in [-0.25, -0.2) is 0 Å². The average molecular weight is 437 g/mol. The number of hydrogen-bond donors (Lipinski definition) is 0. The molecule has 3 aromatic rings. The van der Waals surface area contributed by atoms with Crippen LogP contribution in [0.1, 0.15) is 15.9 Å². The number of carbonyl (C=O) groups is 1. The van der Waals surface area contributed by atoms with Crippen molar-refractivity contribution in [3.05, 3.63) is 88.9 Å². The summed E-state index contributed by atoms with van der Waals surface area (Å²) in [5.74, 6) is 1.43. The van der Waals surface area contributed by atoms with Gasteiger partial charge in [0.2, 0.25) is 0 Å². The lowest BCUT2D eigenvalue weighted by molar-refractivity contribution is 0.0742. The van der Waals surface area contributed by atoms with Gasteiger partial charge in [0.05, 0.1) is 12.7 Å². The topological polar surface area (TPSA) is 42.0 Å². The number of anilines is 1. The summed E-state index contributed by atoms with van der Waals surface area (Å²) < 4.78 is 11.3. The summed E-state index contributed by atoms with van der Waals surface area (Å²) in [7, 11) is 1.67. The first-order valence-electron chi connectivity index (χ1n) is 10.3. The van der Waals surface area contributed by atoms with Crippen LogP contribution in [0.5, 0.6) is 11.5 Å². The summed E-state index contributed by atoms with van der Waals surface area (Å²) >= 11 is 5.95. The van der Waals surface area contributed by atoms with Crippen molar-refractivity contribution in [3.63, 3.8) is 0 Å². The van der Waals surface area contributed by atoms with E-state index in [4.69, 9.17) is 21.1 Å². The predicted molar refractivity (Wildman–Crippen MR) is 123 cm³/mol. The molecule has 0 unspecified atom stereocenters. The van der Waals surface area contributed by atoms with Crippen molar-refractivity contribution in [2.75, 3.05) is 38.2 Å². The molecule has 1 aliphatic heterocycles. The number of amides is 1. The van der Waals surface area contributed by atoms with E-state index in [2.05, 4.69) is 11.0 Å². The number of hydrogen-bond acceptors (Lipinski definition) is 4. The zero-order valence-electron chi connectivity index (χ0n) is 17.5. The molecule has 5 nitrogen and oxygen atoms in total. The Bertz CT molecular complexity index is 1030. The first-order valence-corrected chi connectivity index (χ1v) is 10.7. The standard InChI is InChI=1S/C25H25ClN2O3/c1-30-22-6-4-5-21(17-22)27-13-15-28(16-14-27)25(29)23-7-2-3-8-24(23)31-18-19-9-11-20(26)12-10-19/h2-12,17H,13-16,18H2,1H3. The van der Waals surface area contributed by atoms with Crippen LogP contribution in [0.4, 0.5) is 5.69 Å². The van der Waals surface area contributed by atoms with Crippen LogP contribution < -0.4 is 14.4 Å². The van der Waals surface area contributed by atoms with Crippen molar-refractivity contribution in [2.45, 2.75) is 6.61 Å². The van der Waals surface area contributed by atoms with Crippen molar-refractivity contribution in [1.29, 1.82) is 0 Å². The molecule has 1 heterocycles. The summed E-state index contributed by atoms with van der Waals surface area (Å²) in [6.07, 6.45) is 0. The molecular formula is C25H25ClN2O3. The molecule has 0 spiro atoms. The number of methoxy groups -OCH3 is 1. The molecule has 6 heteroatoms. The smallest absolute Gasteiger partial charge is 0.257 e. The van der Waals surface area contributed by atoms with E-state index in [0.29, 0.717) is 36.0 Å². The first-order chi connectivity index (χ1) is 15.1. The van der Waals surface area contributed by atoms with Crippen molar-refractivity contribution in [3.8, 4) is 11.5 Å². The number of piperazine rings is 1. The van der Waals surface area contributed by atoms with E-state index in [0.717, 1.165) is 30.1 Å². The van der Waals surface area contributed by atoms with E-state index in [-0.39, 0.29) is 5.91 Å². The maximum atomic E-state index is 13.2. The largest absolute Gasteiger partial charge is 0.497 e. The molecule has 0 atom stereocenters. The summed E-state index contributed by atoms with van der Waals surface area (Å²) in [5.41, 5.74) is 2.70. The first kappa shape index (κ1) is 21.1. The second kappa shape index (κ2) is 9.75. The third-order valence-electron chi connectivity index (χ3n) is 5.41. The van der Waals surface area contributed by atoms with E-state index < -0.39 is 0 Å². The Morgan fingerprint density at radius 3 is 2.42 bits per heavy atom. The molecular weight excluding hydrogens is 412 g/mol. The van der Waals surface area contributed by atoms with E-state index >= 15 is 0 Å². The fourth-order valence-corrected chi connectivity index (χ4v) is 3.78. The maximum Gasteiger partial charge on any atom is 0.257 e. The zero-order chi connectivity index (χ0) is 21.6. The maximum absolute atomic E-state index is 13.2. The highest BCUT2D eigenvalue weighted by Crippen LogP contribution is 2.25. The number of nitrogens with zero attached hydrogens (tertiary/aromatic N) is 2. The minimum Gasteiger partial charge on any atom is -0.497 e. The zero-order valence-corrected chi connectivity index (χ0v) is 18.2. The monoisotopic (exact) mass is 436 g/mol. The van der Waals surface area contributed by atoms with Crippen LogP contribution >= 0.6 is 11.6 Å². The highest BCUT2D eigenvalue weighted by molar-refractivity contribution is 6.30. The fraction of sp³-hybridized carbons (Fsp3) is 0.240. The minimum absolute atomic E-state index is 0.00278. The number of para-hydroxylation sites is 1. The Labute approximate surface area is 187 Å². The Balaban J connectivity index is 1.40. The molecule has 0 aliphatic carbocycles. The van der Waals surface area contributed by atoms with Crippen LogP contribution in [0.15, 0.2) is 72.8 Å². The Hall–Kier alpha value is -3.18. The second-order valence-electron chi connectivity index (χ2n) is 7.39. The van der Waals surface area contributed by atoms with E-state index in [1.165, 1.54) is 0 Å². The number of carbonyl (C=O) groups excluding carboxylic acids is 1. The van der Waals surface area contributed by atoms with E-state index in [1.807, 2.05) is 71.6 Å². The molecule has 31 heavy (non-hydrogen) atoms. The SMILES string of the molecule is COc1cccc(N2CCN(C(=O)c3ccccc3OCc3ccc(Cl)cc3)CC2)c1. The lowest BCUT2D eigenvalue weighted by Crippen LogP contribution is -2.48. The van der Waals surface area contributed by atoms with E-state index in [9.17, 15) is 4.79 Å². The second-order valence-corrected chi connectivity index (χ2v) is 7.83. The molecule has 1 aliphatic rings. The van der Waals surface area contributed by atoms with Crippen LogP contribution in [0.3, 0.4) is 0 Å². The van der Waals surface area contributed by atoms with Gasteiger partial charge in [-0.15, -0.1) is 0 Å². The van der Waals surface area contributed by atoms with Crippen LogP contribution in [-0.2, 0) is 6.61 Å². The van der Waals surface area contributed by atoms with Crippen LogP contribution in [-0.4, -0.2) is 44.1 Å². The van der Waals surface area contributed by atoms with Gasteiger partial charge in [0.25, 0.3) is 5.91 Å². The molecule has 0 N–H and O–H groups in total. The normalized spacial score (nSPS) is 13.7. The molecule has 4 rings (SSSR count). The average Bonchev–Trinajstić information content (AvgIpc) is 2.83. The lowest BCUT2D eigenvalue weighted by Gasteiger charge is -2.36. The summed E-state index contributed by atoms with van der Waals surface area (Å²) in [6, 6.07) is 22.9. The Morgan fingerprint density at radius 2 is 1.68 bits per heavy atom. The molecule has 0 saturated carbocycles. The molecule has 0 aromatic heterocycles. The number of ether oxygens (including phenoxy) is 2. The van der Waals surface area contributed by atoms with Crippen LogP contribution in [0.2, 0.25) is 5.02 Å². The van der Waals surface area contributed by atoms with E-state index in [1.54, 1.807) is 7.11 Å². The van der Waals surface area contributed by atoms with Gasteiger partial charge in [-0.2, -0.15) is 0 Å². The molecule has 1 saturated heterocycles. The van der Waals surface area contributed by atoms with Gasteiger partial charge in [0.15, 0.2) is 0 Å². The lowest BCUT2D eigenvalue weighted by atomic mass is 10.1. The van der Waals surface area contributed by atoms with Crippen molar-refractivity contribution in [1.82, 2.24) is 4.90 Å². The molecule has 1 fully saturated rings. The Kier molecular flexibility index (Phi) is 6.63. The minimum atomic E-state index is -0.00278. The van der Waals surface area contributed by atoms with Gasteiger partial charge in [-0.05, 0) is 42.0 Å². The third kappa shape index (κ3) is 5.12. The predicted octanol–water partition coefficient (Wildman–Crippen LogP) is 4.89. The summed E-state index contributed by atoms with van der Waals surface area (Å²) in [6.45, 7) is 3.23. The quantitative estimate of drug-likeness (QED) is 0.551. The van der Waals surface area contributed by atoms with Crippen molar-refractivity contribution >= 4 is 23.2 Å². The van der Waals surface area contributed by atoms with Gasteiger partial charge in [0, 0.05) is 43.0 Å². The van der Waals surface area contributed by atoms with Gasteiger partial charge in [-0.3, -0.25) is 4.79 Å². The summed E-state index contributed by atoms with van der Waals surface area (Å²) in [4.78, 5) is 17.4. The Morgan fingerprint density at radius 1 is 0.935 bits per heavy atom. The van der Waals surface area contributed by atoms with Crippen LogP contribution in [0.25, 0.3) is 0 Å². The molecule has 3 aromatic carbocycles.